The van der Waals surface area contributed by atoms with E-state index in [1.165, 1.54) is 0 Å². The summed E-state index contributed by atoms with van der Waals surface area (Å²) in [6, 6.07) is 0. The highest BCUT2D eigenvalue weighted by Crippen LogP contribution is 2.38. The Hall–Kier alpha value is -0.330. The Kier molecular flexibility index (Phi) is 3.82. The Labute approximate surface area is 99.2 Å². The molecule has 17 heavy (non-hydrogen) atoms. The molecule has 0 radical (unpaired) electrons. The topological polar surface area (TPSA) is 43.7 Å². The van der Waals surface area contributed by atoms with Gasteiger partial charge in [0.05, 0.1) is 0 Å². The van der Waals surface area contributed by atoms with Crippen molar-refractivity contribution in [2.45, 2.75) is 45.1 Å². The van der Waals surface area contributed by atoms with Gasteiger partial charge in [-0.15, -0.1) is 0 Å². The lowest BCUT2D eigenvalue weighted by molar-refractivity contribution is -0.303. The van der Waals surface area contributed by atoms with Crippen LogP contribution in [-0.4, -0.2) is 52.6 Å². The number of alkyl halides is 3. The van der Waals surface area contributed by atoms with E-state index in [1.807, 2.05) is 20.8 Å². The minimum Gasteiger partial charge on any atom is -0.388 e. The van der Waals surface area contributed by atoms with Gasteiger partial charge < -0.3 is 15.1 Å². The predicted octanol–water partition coefficient (Wildman–Crippen LogP) is 1.39. The molecule has 0 aromatic carbocycles. The molecule has 1 aliphatic rings. The number of hydrogen-bond donors (Lipinski definition) is 2. The van der Waals surface area contributed by atoms with Crippen molar-refractivity contribution in [2.24, 2.45) is 5.41 Å². The molecule has 1 fully saturated rings. The zero-order valence-electron chi connectivity index (χ0n) is 10.4. The highest BCUT2D eigenvalue weighted by atomic mass is 19.4. The molecule has 1 saturated heterocycles. The minimum atomic E-state index is -4.78. The third-order valence-electron chi connectivity index (χ3n) is 2.98. The van der Waals surface area contributed by atoms with E-state index in [0.29, 0.717) is 6.54 Å². The number of likely N-dealkylation sites (tertiary alicyclic amines) is 1. The maximum atomic E-state index is 12.6. The zero-order chi connectivity index (χ0) is 13.5. The number of hydrogen-bond acceptors (Lipinski definition) is 3. The van der Waals surface area contributed by atoms with Gasteiger partial charge in [-0.1, -0.05) is 20.8 Å². The molecule has 6 heteroatoms. The van der Waals surface area contributed by atoms with Crippen LogP contribution in [0.1, 0.15) is 27.2 Å². The molecule has 102 valence electrons. The molecule has 1 heterocycles. The summed E-state index contributed by atoms with van der Waals surface area (Å²) in [7, 11) is 0. The first-order valence-electron chi connectivity index (χ1n) is 5.65. The van der Waals surface area contributed by atoms with Gasteiger partial charge in [-0.2, -0.15) is 13.2 Å². The molecule has 0 saturated carbocycles. The number of piperidine rings is 1. The van der Waals surface area contributed by atoms with Gasteiger partial charge in [-0.3, -0.25) is 0 Å². The van der Waals surface area contributed by atoms with Crippen LogP contribution < -0.4 is 0 Å². The van der Waals surface area contributed by atoms with Crippen LogP contribution in [0.15, 0.2) is 0 Å². The minimum absolute atomic E-state index is 0.0482. The average molecular weight is 255 g/mol. The second-order valence-corrected chi connectivity index (χ2v) is 5.98. The molecule has 2 unspecified atom stereocenters. The molecule has 2 N–H and O–H groups in total. The van der Waals surface area contributed by atoms with Crippen molar-refractivity contribution in [1.29, 1.82) is 0 Å². The number of halogens is 3. The fraction of sp³-hybridized carbons (Fsp3) is 1.00. The zero-order valence-corrected chi connectivity index (χ0v) is 10.4. The smallest absolute Gasteiger partial charge is 0.388 e. The van der Waals surface area contributed by atoms with E-state index in [4.69, 9.17) is 0 Å². The quantitative estimate of drug-likeness (QED) is 0.744. The molecule has 0 bridgehead atoms. The first-order chi connectivity index (χ1) is 7.46. The molecule has 0 aromatic rings. The van der Waals surface area contributed by atoms with E-state index in [-0.39, 0.29) is 18.5 Å². The van der Waals surface area contributed by atoms with Crippen LogP contribution >= 0.6 is 0 Å². The van der Waals surface area contributed by atoms with Crippen molar-refractivity contribution < 1.29 is 23.4 Å². The van der Waals surface area contributed by atoms with E-state index < -0.39 is 24.3 Å². The summed E-state index contributed by atoms with van der Waals surface area (Å²) in [5.41, 5.74) is -3.01. The van der Waals surface area contributed by atoms with Crippen LogP contribution in [0.25, 0.3) is 0 Å². The van der Waals surface area contributed by atoms with Crippen molar-refractivity contribution in [3.05, 3.63) is 0 Å². The summed E-state index contributed by atoms with van der Waals surface area (Å²) in [5, 5.41) is 19.0. The third-order valence-corrected chi connectivity index (χ3v) is 2.98. The SMILES string of the molecule is CC(C)(C)CN1CCC(O)(C(F)(F)F)C(O)C1. The van der Waals surface area contributed by atoms with Crippen molar-refractivity contribution in [3.8, 4) is 0 Å². The van der Waals surface area contributed by atoms with Gasteiger partial charge in [-0.25, -0.2) is 0 Å². The fourth-order valence-corrected chi connectivity index (χ4v) is 2.13. The molecule has 1 aliphatic heterocycles. The molecular formula is C11H20F3NO2. The third kappa shape index (κ3) is 3.33. The van der Waals surface area contributed by atoms with Crippen molar-refractivity contribution in [2.75, 3.05) is 19.6 Å². The summed E-state index contributed by atoms with van der Waals surface area (Å²) in [6.07, 6.45) is -7.04. The second-order valence-electron chi connectivity index (χ2n) is 5.98. The number of aliphatic hydroxyl groups excluding tert-OH is 1. The van der Waals surface area contributed by atoms with E-state index in [0.717, 1.165) is 0 Å². The molecule has 0 aromatic heterocycles. The van der Waals surface area contributed by atoms with E-state index >= 15 is 0 Å². The Bertz CT molecular complexity index is 275. The van der Waals surface area contributed by atoms with E-state index in [1.54, 1.807) is 4.90 Å². The molecule has 0 aliphatic carbocycles. The predicted molar refractivity (Wildman–Crippen MR) is 57.5 cm³/mol. The van der Waals surface area contributed by atoms with Gasteiger partial charge in [-0.05, 0) is 5.41 Å². The summed E-state index contributed by atoms with van der Waals surface area (Å²) in [5.74, 6) is 0. The monoisotopic (exact) mass is 255 g/mol. The molecule has 0 spiro atoms. The van der Waals surface area contributed by atoms with Gasteiger partial charge in [0, 0.05) is 26.1 Å². The molecular weight excluding hydrogens is 235 g/mol. The van der Waals surface area contributed by atoms with E-state index in [2.05, 4.69) is 0 Å². The van der Waals surface area contributed by atoms with Gasteiger partial charge in [0.15, 0.2) is 5.60 Å². The Balaban J connectivity index is 2.68. The largest absolute Gasteiger partial charge is 0.419 e. The summed E-state index contributed by atoms with van der Waals surface area (Å²) >= 11 is 0. The lowest BCUT2D eigenvalue weighted by atomic mass is 9.86. The molecule has 2 atom stereocenters. The maximum absolute atomic E-state index is 12.6. The fourth-order valence-electron chi connectivity index (χ4n) is 2.13. The van der Waals surface area contributed by atoms with Crippen LogP contribution in [-0.2, 0) is 0 Å². The summed E-state index contributed by atoms with van der Waals surface area (Å²) in [6.45, 7) is 6.52. The van der Waals surface area contributed by atoms with Gasteiger partial charge in [0.1, 0.15) is 6.10 Å². The van der Waals surface area contributed by atoms with Gasteiger partial charge in [0.25, 0.3) is 0 Å². The standard InChI is InChI=1S/C11H20F3NO2/c1-9(2,3)7-15-5-4-10(17,8(16)6-15)11(12,13)14/h8,16-17H,4-7H2,1-3H3. The van der Waals surface area contributed by atoms with Gasteiger partial charge in [0.2, 0.25) is 0 Å². The van der Waals surface area contributed by atoms with Crippen LogP contribution in [0.3, 0.4) is 0 Å². The summed E-state index contributed by atoms with van der Waals surface area (Å²) < 4.78 is 37.8. The number of rotatable bonds is 1. The second kappa shape index (κ2) is 4.40. The van der Waals surface area contributed by atoms with Crippen LogP contribution in [0.2, 0.25) is 0 Å². The Morgan fingerprint density at radius 3 is 2.18 bits per heavy atom. The van der Waals surface area contributed by atoms with Crippen molar-refractivity contribution in [1.82, 2.24) is 4.90 Å². The first kappa shape index (κ1) is 14.7. The van der Waals surface area contributed by atoms with Crippen molar-refractivity contribution >= 4 is 0 Å². The molecule has 0 amide bonds. The highest BCUT2D eigenvalue weighted by molar-refractivity contribution is 4.99. The average Bonchev–Trinajstić information content (AvgIpc) is 2.07. The summed E-state index contributed by atoms with van der Waals surface area (Å²) in [4.78, 5) is 1.75. The Morgan fingerprint density at radius 2 is 1.82 bits per heavy atom. The lowest BCUT2D eigenvalue weighted by Gasteiger charge is -2.44. The number of aliphatic hydroxyl groups is 2. The lowest BCUT2D eigenvalue weighted by Crippen LogP contribution is -2.63. The number of β-amino-alcohol motifs (C(OH)–C–C–N with tert-alkyl or cyclic N) is 1. The first-order valence-corrected chi connectivity index (χ1v) is 5.65. The maximum Gasteiger partial charge on any atom is 0.419 e. The van der Waals surface area contributed by atoms with Crippen LogP contribution in [0.5, 0.6) is 0 Å². The highest BCUT2D eigenvalue weighted by Gasteiger charge is 2.59. The Morgan fingerprint density at radius 1 is 1.29 bits per heavy atom. The van der Waals surface area contributed by atoms with Crippen LogP contribution in [0, 0.1) is 5.41 Å². The molecule has 3 nitrogen and oxygen atoms in total. The van der Waals surface area contributed by atoms with Crippen LogP contribution in [0.4, 0.5) is 13.2 Å². The normalized spacial score (nSPS) is 32.8. The van der Waals surface area contributed by atoms with Crippen molar-refractivity contribution in [3.63, 3.8) is 0 Å². The van der Waals surface area contributed by atoms with E-state index in [9.17, 15) is 23.4 Å². The molecule has 1 rings (SSSR count). The number of nitrogens with zero attached hydrogens (tertiary/aromatic N) is 1. The van der Waals surface area contributed by atoms with Gasteiger partial charge >= 0.3 is 6.18 Å².